The van der Waals surface area contributed by atoms with Crippen molar-refractivity contribution in [1.29, 1.82) is 0 Å². The van der Waals surface area contributed by atoms with Crippen LogP contribution in [0.5, 0.6) is 11.6 Å². The Morgan fingerprint density at radius 1 is 1.11 bits per heavy atom. The molecule has 0 radical (unpaired) electrons. The SMILES string of the molecule is CSc1nnc2c(n1)O[C@H](c1cc(Br)c(OC(=O)c3ccc([N+](=O)[O-])cc3)c(Br)c1)Nc1ccccc1-2. The summed E-state index contributed by atoms with van der Waals surface area (Å²) in [4.78, 5) is 27.5. The highest BCUT2D eigenvalue weighted by Crippen LogP contribution is 2.42. The van der Waals surface area contributed by atoms with Crippen LogP contribution in [0.1, 0.15) is 22.1 Å². The predicted molar refractivity (Wildman–Crippen MR) is 144 cm³/mol. The lowest BCUT2D eigenvalue weighted by Gasteiger charge is -2.21. The molecular weight excluding hydrogens is 630 g/mol. The molecule has 5 rings (SSSR count). The molecule has 0 spiro atoms. The van der Waals surface area contributed by atoms with Crippen LogP contribution >= 0.6 is 43.6 Å². The van der Waals surface area contributed by atoms with Crippen molar-refractivity contribution >= 4 is 61.0 Å². The summed E-state index contributed by atoms with van der Waals surface area (Å²) in [6, 6.07) is 16.3. The lowest BCUT2D eigenvalue weighted by molar-refractivity contribution is -0.384. The second-order valence-electron chi connectivity index (χ2n) is 7.65. The summed E-state index contributed by atoms with van der Waals surface area (Å²) in [7, 11) is 0. The molecule has 0 aliphatic carbocycles. The number of aromatic nitrogens is 3. The maximum Gasteiger partial charge on any atom is 0.343 e. The van der Waals surface area contributed by atoms with Gasteiger partial charge in [-0.25, -0.2) is 4.79 Å². The van der Waals surface area contributed by atoms with Crippen LogP contribution in [-0.2, 0) is 0 Å². The summed E-state index contributed by atoms with van der Waals surface area (Å²) in [5.41, 5.74) is 2.88. The number of nitro benzene ring substituents is 1. The van der Waals surface area contributed by atoms with Crippen LogP contribution in [0, 0.1) is 10.1 Å². The van der Waals surface area contributed by atoms with E-state index in [1.165, 1.54) is 36.0 Å². The molecule has 2 heterocycles. The minimum absolute atomic E-state index is 0.118. The van der Waals surface area contributed by atoms with Gasteiger partial charge in [-0.15, -0.1) is 10.2 Å². The fourth-order valence-corrected chi connectivity index (χ4v) is 5.26. The van der Waals surface area contributed by atoms with E-state index < -0.39 is 17.1 Å². The van der Waals surface area contributed by atoms with Gasteiger partial charge in [-0.2, -0.15) is 4.98 Å². The van der Waals surface area contributed by atoms with Gasteiger partial charge < -0.3 is 14.8 Å². The molecule has 0 saturated heterocycles. The second-order valence-corrected chi connectivity index (χ2v) is 10.1. The van der Waals surface area contributed by atoms with Crippen molar-refractivity contribution in [1.82, 2.24) is 15.2 Å². The summed E-state index contributed by atoms with van der Waals surface area (Å²) in [6.45, 7) is 0. The van der Waals surface area contributed by atoms with Gasteiger partial charge in [0.15, 0.2) is 17.7 Å². The molecule has 1 aliphatic rings. The topological polar surface area (TPSA) is 129 Å². The summed E-state index contributed by atoms with van der Waals surface area (Å²) in [5, 5.41) is 23.2. The number of hydrogen-bond acceptors (Lipinski definition) is 10. The molecule has 0 fully saturated rings. The molecule has 0 amide bonds. The van der Waals surface area contributed by atoms with E-state index in [0.717, 1.165) is 11.3 Å². The van der Waals surface area contributed by atoms with E-state index in [1.54, 1.807) is 12.1 Å². The van der Waals surface area contributed by atoms with Crippen LogP contribution in [0.2, 0.25) is 0 Å². The van der Waals surface area contributed by atoms with E-state index in [4.69, 9.17) is 9.47 Å². The van der Waals surface area contributed by atoms with Crippen LogP contribution in [0.15, 0.2) is 74.8 Å². The second kappa shape index (κ2) is 10.4. The van der Waals surface area contributed by atoms with Gasteiger partial charge in [-0.1, -0.05) is 30.0 Å². The van der Waals surface area contributed by atoms with E-state index in [0.29, 0.717) is 31.2 Å². The number of fused-ring (bicyclic) bond motifs is 3. The molecule has 1 N–H and O–H groups in total. The van der Waals surface area contributed by atoms with E-state index in [1.807, 2.05) is 30.5 Å². The summed E-state index contributed by atoms with van der Waals surface area (Å²) >= 11 is 8.32. The number of carbonyl (C=O) groups is 1. The fourth-order valence-electron chi connectivity index (χ4n) is 3.58. The largest absolute Gasteiger partial charge is 0.448 e. The molecule has 1 atom stereocenters. The highest BCUT2D eigenvalue weighted by molar-refractivity contribution is 9.11. The molecule has 186 valence electrons. The van der Waals surface area contributed by atoms with Crippen molar-refractivity contribution in [2.45, 2.75) is 11.4 Å². The maximum absolute atomic E-state index is 12.7. The Bertz CT molecular complexity index is 1510. The first-order valence-electron chi connectivity index (χ1n) is 10.6. The summed E-state index contributed by atoms with van der Waals surface area (Å²) in [6.07, 6.45) is 1.20. The number of benzene rings is 3. The smallest absolute Gasteiger partial charge is 0.343 e. The van der Waals surface area contributed by atoms with Gasteiger partial charge in [-0.3, -0.25) is 10.1 Å². The van der Waals surface area contributed by atoms with Crippen LogP contribution < -0.4 is 14.8 Å². The van der Waals surface area contributed by atoms with E-state index in [2.05, 4.69) is 52.4 Å². The summed E-state index contributed by atoms with van der Waals surface area (Å²) < 4.78 is 12.8. The molecule has 3 aromatic carbocycles. The molecule has 1 aliphatic heterocycles. The number of nitrogens with one attached hydrogen (secondary N) is 1. The molecule has 4 aromatic rings. The van der Waals surface area contributed by atoms with E-state index >= 15 is 0 Å². The molecule has 37 heavy (non-hydrogen) atoms. The number of thioether (sulfide) groups is 1. The predicted octanol–water partition coefficient (Wildman–Crippen LogP) is 6.42. The van der Waals surface area contributed by atoms with Crippen molar-refractivity contribution in [3.63, 3.8) is 0 Å². The third-order valence-corrected chi connectivity index (χ3v) is 7.06. The highest BCUT2D eigenvalue weighted by Gasteiger charge is 2.27. The Hall–Kier alpha value is -3.55. The van der Waals surface area contributed by atoms with Gasteiger partial charge in [0.05, 0.1) is 19.4 Å². The molecule has 13 heteroatoms. The number of nitrogens with zero attached hydrogens (tertiary/aromatic N) is 4. The number of esters is 1. The number of hydrogen-bond donors (Lipinski definition) is 1. The Balaban J connectivity index is 1.46. The molecule has 0 saturated carbocycles. The van der Waals surface area contributed by atoms with Gasteiger partial charge in [0.25, 0.3) is 5.69 Å². The Morgan fingerprint density at radius 3 is 2.49 bits per heavy atom. The van der Waals surface area contributed by atoms with Crippen LogP contribution in [0.3, 0.4) is 0 Å². The number of nitro groups is 1. The van der Waals surface area contributed by atoms with Gasteiger partial charge in [0.2, 0.25) is 11.0 Å². The number of para-hydroxylation sites is 1. The average Bonchev–Trinajstić information content (AvgIpc) is 3.07. The van der Waals surface area contributed by atoms with Crippen molar-refractivity contribution < 1.29 is 19.2 Å². The van der Waals surface area contributed by atoms with E-state index in [-0.39, 0.29) is 17.0 Å². The first-order valence-corrected chi connectivity index (χ1v) is 13.4. The summed E-state index contributed by atoms with van der Waals surface area (Å²) in [5.74, 6) is -0.0824. The fraction of sp³-hybridized carbons (Fsp3) is 0.0833. The van der Waals surface area contributed by atoms with Crippen molar-refractivity contribution in [3.05, 3.63) is 90.9 Å². The number of non-ortho nitro benzene ring substituents is 1. The zero-order valence-electron chi connectivity index (χ0n) is 18.8. The Kier molecular flexibility index (Phi) is 7.09. The quantitative estimate of drug-likeness (QED) is 0.0854. The normalized spacial score (nSPS) is 13.9. The third-order valence-electron chi connectivity index (χ3n) is 5.35. The van der Waals surface area contributed by atoms with Crippen molar-refractivity contribution in [2.75, 3.05) is 11.6 Å². The minimum Gasteiger partial charge on any atom is -0.448 e. The van der Waals surface area contributed by atoms with Gasteiger partial charge in [-0.05, 0) is 68.4 Å². The Labute approximate surface area is 231 Å². The first-order chi connectivity index (χ1) is 17.8. The lowest BCUT2D eigenvalue weighted by atomic mass is 10.1. The molecule has 1 aromatic heterocycles. The number of anilines is 1. The van der Waals surface area contributed by atoms with Crippen molar-refractivity contribution in [3.8, 4) is 22.9 Å². The highest BCUT2D eigenvalue weighted by atomic mass is 79.9. The zero-order valence-corrected chi connectivity index (χ0v) is 22.8. The van der Waals surface area contributed by atoms with E-state index in [9.17, 15) is 14.9 Å². The molecule has 0 unspecified atom stereocenters. The van der Waals surface area contributed by atoms with Crippen LogP contribution in [0.4, 0.5) is 11.4 Å². The number of rotatable bonds is 5. The van der Waals surface area contributed by atoms with Gasteiger partial charge >= 0.3 is 5.97 Å². The lowest BCUT2D eigenvalue weighted by Crippen LogP contribution is -2.17. The standard InChI is InChI=1S/C24H15Br2N5O5S/c1-37-24-28-22-19(29-30-24)15-4-2-3-5-18(15)27-21(36-22)13-10-16(25)20(17(26)11-13)35-23(32)12-6-8-14(9-7-12)31(33)34/h2-11,21,27H,1H3/t21-/m1/s1. The molecule has 0 bridgehead atoms. The monoisotopic (exact) mass is 643 g/mol. The molecular formula is C24H15Br2N5O5S. The number of carbonyl (C=O) groups excluding carboxylic acids is 1. The van der Waals surface area contributed by atoms with Gasteiger partial charge in [0.1, 0.15) is 0 Å². The number of halogens is 2. The van der Waals surface area contributed by atoms with Crippen LogP contribution in [0.25, 0.3) is 11.3 Å². The third kappa shape index (κ3) is 5.15. The maximum atomic E-state index is 12.7. The minimum atomic E-state index is -0.664. The zero-order chi connectivity index (χ0) is 26.1. The van der Waals surface area contributed by atoms with Gasteiger partial charge in [0, 0.05) is 28.9 Å². The number of ether oxygens (including phenoxy) is 2. The first kappa shape index (κ1) is 25.1. The van der Waals surface area contributed by atoms with Crippen molar-refractivity contribution in [2.24, 2.45) is 0 Å². The average molecular weight is 645 g/mol. The molecule has 10 nitrogen and oxygen atoms in total. The Morgan fingerprint density at radius 2 is 1.81 bits per heavy atom. The van der Waals surface area contributed by atoms with Crippen LogP contribution in [-0.4, -0.2) is 32.3 Å².